The summed E-state index contributed by atoms with van der Waals surface area (Å²) in [7, 11) is 1.51. The number of nitrogens with two attached hydrogens (primary N) is 1. The third-order valence-corrected chi connectivity index (χ3v) is 5.15. The van der Waals surface area contributed by atoms with Gasteiger partial charge in [-0.1, -0.05) is 36.8 Å². The lowest BCUT2D eigenvalue weighted by Crippen LogP contribution is -2.38. The van der Waals surface area contributed by atoms with E-state index >= 15 is 0 Å². The second-order valence-electron chi connectivity index (χ2n) is 7.07. The molecule has 0 aromatic heterocycles. The third kappa shape index (κ3) is 5.17. The molecule has 0 amide bonds. The zero-order valence-electron chi connectivity index (χ0n) is 15.8. The molecule has 1 aliphatic heterocycles. The van der Waals surface area contributed by atoms with Gasteiger partial charge in [0.25, 0.3) is 0 Å². The summed E-state index contributed by atoms with van der Waals surface area (Å²) in [6.07, 6.45) is -1.24. The van der Waals surface area contributed by atoms with Gasteiger partial charge in [0.15, 0.2) is 0 Å². The van der Waals surface area contributed by atoms with E-state index in [-0.39, 0.29) is 17.7 Å². The summed E-state index contributed by atoms with van der Waals surface area (Å²) in [6, 6.07) is 14.2. The number of benzene rings is 2. The molecule has 1 saturated heterocycles. The highest BCUT2D eigenvalue weighted by atomic mass is 19.4. The predicted octanol–water partition coefficient (Wildman–Crippen LogP) is 4.85. The minimum Gasteiger partial charge on any atom is -0.496 e. The van der Waals surface area contributed by atoms with E-state index in [0.717, 1.165) is 31.4 Å². The van der Waals surface area contributed by atoms with E-state index < -0.39 is 6.36 Å². The molecule has 0 radical (unpaired) electrons. The van der Waals surface area contributed by atoms with Crippen LogP contribution in [-0.4, -0.2) is 25.0 Å². The van der Waals surface area contributed by atoms with Crippen LogP contribution in [0.1, 0.15) is 36.4 Å². The summed E-state index contributed by atoms with van der Waals surface area (Å²) >= 11 is 0. The minimum atomic E-state index is -4.73. The number of alkyl halides is 3. The number of methoxy groups -OCH3 is 1. The molecule has 0 spiro atoms. The van der Waals surface area contributed by atoms with Crippen molar-refractivity contribution in [3.63, 3.8) is 0 Å². The Hall–Kier alpha value is -2.25. The number of hydrazine groups is 1. The molecule has 1 aliphatic rings. The van der Waals surface area contributed by atoms with Gasteiger partial charge in [-0.2, -0.15) is 0 Å². The Bertz CT molecular complexity index is 768. The van der Waals surface area contributed by atoms with Gasteiger partial charge in [0, 0.05) is 6.54 Å². The van der Waals surface area contributed by atoms with Crippen LogP contribution in [0.25, 0.3) is 0 Å². The minimum absolute atomic E-state index is 0.0133. The lowest BCUT2D eigenvalue weighted by atomic mass is 9.84. The second kappa shape index (κ2) is 8.84. The number of halogens is 3. The summed E-state index contributed by atoms with van der Waals surface area (Å²) in [6.45, 7) is 0.782. The number of rotatable bonds is 5. The first-order valence-corrected chi connectivity index (χ1v) is 9.36. The van der Waals surface area contributed by atoms with E-state index in [1.54, 1.807) is 0 Å². The summed E-state index contributed by atoms with van der Waals surface area (Å²) < 4.78 is 47.4. The highest BCUT2D eigenvalue weighted by Crippen LogP contribution is 2.38. The van der Waals surface area contributed by atoms with E-state index in [0.29, 0.717) is 17.7 Å². The first kappa shape index (κ1) is 20.5. The molecular formula is C21H25F3N2O2. The SMILES string of the molecule is COc1ccc(OC(F)(F)F)cc1CC1CCCCN(N)C1c1ccccc1. The predicted molar refractivity (Wildman–Crippen MR) is 101 cm³/mol. The molecule has 0 bridgehead atoms. The fraction of sp³-hybridized carbons (Fsp3) is 0.429. The maximum atomic E-state index is 12.6. The molecule has 1 heterocycles. The molecule has 3 rings (SSSR count). The fourth-order valence-corrected chi connectivity index (χ4v) is 3.99. The first-order chi connectivity index (χ1) is 13.4. The van der Waals surface area contributed by atoms with Crippen LogP contribution in [0.15, 0.2) is 48.5 Å². The summed E-state index contributed by atoms with van der Waals surface area (Å²) in [5, 5.41) is 1.86. The molecule has 0 aliphatic carbocycles. The quantitative estimate of drug-likeness (QED) is 0.737. The van der Waals surface area contributed by atoms with Crippen molar-refractivity contribution in [2.45, 2.75) is 38.1 Å². The van der Waals surface area contributed by atoms with Crippen molar-refractivity contribution < 1.29 is 22.6 Å². The standard InChI is InChI=1S/C21H25F3N2O2/c1-27-19-11-10-18(28-21(22,23)24)14-17(19)13-16-9-5-6-12-26(25)20(16)15-7-3-2-4-8-15/h2-4,7-8,10-11,14,16,20H,5-6,9,12-13,25H2,1H3. The van der Waals surface area contributed by atoms with Crippen LogP contribution >= 0.6 is 0 Å². The molecule has 7 heteroatoms. The molecule has 2 aromatic carbocycles. The molecule has 0 saturated carbocycles. The maximum Gasteiger partial charge on any atom is 0.573 e. The van der Waals surface area contributed by atoms with Crippen LogP contribution in [0.2, 0.25) is 0 Å². The second-order valence-corrected chi connectivity index (χ2v) is 7.07. The molecular weight excluding hydrogens is 369 g/mol. The van der Waals surface area contributed by atoms with Gasteiger partial charge in [0.1, 0.15) is 11.5 Å². The Morgan fingerprint density at radius 3 is 2.54 bits per heavy atom. The summed E-state index contributed by atoms with van der Waals surface area (Å²) in [5.74, 6) is 6.82. The maximum absolute atomic E-state index is 12.6. The number of ether oxygens (including phenoxy) is 2. The Kier molecular flexibility index (Phi) is 6.46. The number of hydrogen-bond donors (Lipinski definition) is 1. The Morgan fingerprint density at radius 2 is 1.86 bits per heavy atom. The van der Waals surface area contributed by atoms with Crippen molar-refractivity contribution in [1.82, 2.24) is 5.01 Å². The fourth-order valence-electron chi connectivity index (χ4n) is 3.99. The number of nitrogens with zero attached hydrogens (tertiary/aromatic N) is 1. The molecule has 152 valence electrons. The summed E-state index contributed by atoms with van der Waals surface area (Å²) in [5.41, 5.74) is 1.80. The van der Waals surface area contributed by atoms with Gasteiger partial charge >= 0.3 is 6.36 Å². The van der Waals surface area contributed by atoms with E-state index in [1.165, 1.54) is 25.3 Å². The summed E-state index contributed by atoms with van der Waals surface area (Å²) in [4.78, 5) is 0. The van der Waals surface area contributed by atoms with Gasteiger partial charge in [0.05, 0.1) is 13.2 Å². The van der Waals surface area contributed by atoms with Crippen LogP contribution in [0.5, 0.6) is 11.5 Å². The number of hydrogen-bond acceptors (Lipinski definition) is 4. The van der Waals surface area contributed by atoms with E-state index in [9.17, 15) is 13.2 Å². The van der Waals surface area contributed by atoms with Gasteiger partial charge in [-0.05, 0) is 54.5 Å². The van der Waals surface area contributed by atoms with E-state index in [4.69, 9.17) is 10.6 Å². The van der Waals surface area contributed by atoms with Crippen LogP contribution in [-0.2, 0) is 6.42 Å². The van der Waals surface area contributed by atoms with Crippen molar-refractivity contribution >= 4 is 0 Å². The average molecular weight is 394 g/mol. The van der Waals surface area contributed by atoms with Gasteiger partial charge in [-0.25, -0.2) is 5.01 Å². The monoisotopic (exact) mass is 394 g/mol. The first-order valence-electron chi connectivity index (χ1n) is 9.36. The van der Waals surface area contributed by atoms with Gasteiger partial charge in [-0.3, -0.25) is 5.84 Å². The van der Waals surface area contributed by atoms with E-state index in [1.807, 2.05) is 35.3 Å². The van der Waals surface area contributed by atoms with Crippen molar-refractivity contribution in [3.8, 4) is 11.5 Å². The Labute approximate surface area is 163 Å². The van der Waals surface area contributed by atoms with Gasteiger partial charge in [0.2, 0.25) is 0 Å². The topological polar surface area (TPSA) is 47.7 Å². The van der Waals surface area contributed by atoms with Crippen LogP contribution in [0.3, 0.4) is 0 Å². The van der Waals surface area contributed by atoms with Crippen molar-refractivity contribution in [2.24, 2.45) is 11.8 Å². The molecule has 1 fully saturated rings. The smallest absolute Gasteiger partial charge is 0.496 e. The normalized spacial score (nSPS) is 21.2. The highest BCUT2D eigenvalue weighted by molar-refractivity contribution is 5.41. The highest BCUT2D eigenvalue weighted by Gasteiger charge is 2.33. The van der Waals surface area contributed by atoms with Crippen molar-refractivity contribution in [2.75, 3.05) is 13.7 Å². The van der Waals surface area contributed by atoms with Gasteiger partial charge < -0.3 is 9.47 Å². The lowest BCUT2D eigenvalue weighted by Gasteiger charge is -2.32. The molecule has 2 aromatic rings. The van der Waals surface area contributed by atoms with Crippen LogP contribution in [0.4, 0.5) is 13.2 Å². The Balaban J connectivity index is 1.91. The average Bonchev–Trinajstić information content (AvgIpc) is 2.82. The Morgan fingerprint density at radius 1 is 1.11 bits per heavy atom. The molecule has 2 atom stereocenters. The van der Waals surface area contributed by atoms with E-state index in [2.05, 4.69) is 4.74 Å². The third-order valence-electron chi connectivity index (χ3n) is 5.15. The van der Waals surface area contributed by atoms with Crippen molar-refractivity contribution in [1.29, 1.82) is 0 Å². The van der Waals surface area contributed by atoms with Crippen LogP contribution < -0.4 is 15.3 Å². The largest absolute Gasteiger partial charge is 0.573 e. The molecule has 4 nitrogen and oxygen atoms in total. The van der Waals surface area contributed by atoms with Crippen LogP contribution in [0, 0.1) is 5.92 Å². The molecule has 2 unspecified atom stereocenters. The van der Waals surface area contributed by atoms with Gasteiger partial charge in [-0.15, -0.1) is 13.2 Å². The van der Waals surface area contributed by atoms with Crippen molar-refractivity contribution in [3.05, 3.63) is 59.7 Å². The molecule has 2 N–H and O–H groups in total. The molecule has 28 heavy (non-hydrogen) atoms. The zero-order valence-corrected chi connectivity index (χ0v) is 15.8. The lowest BCUT2D eigenvalue weighted by molar-refractivity contribution is -0.274. The zero-order chi connectivity index (χ0) is 20.1.